The number of halogens is 1. The monoisotopic (exact) mass is 392 g/mol. The van der Waals surface area contributed by atoms with Crippen LogP contribution in [0, 0.1) is 11.7 Å². The quantitative estimate of drug-likeness (QED) is 0.783. The smallest absolute Gasteiger partial charge is 0.226 e. The number of aromatic nitrogens is 2. The highest BCUT2D eigenvalue weighted by Gasteiger charge is 2.24. The molecule has 1 aliphatic rings. The maximum absolute atomic E-state index is 13.6. The Morgan fingerprint density at radius 1 is 1.33 bits per heavy atom. The Morgan fingerprint density at radius 2 is 2.19 bits per heavy atom. The summed E-state index contributed by atoms with van der Waals surface area (Å²) in [6, 6.07) is 6.29. The lowest BCUT2D eigenvalue weighted by Crippen LogP contribution is -2.41. The molecule has 1 atom stereocenters. The van der Waals surface area contributed by atoms with E-state index < -0.39 is 0 Å². The van der Waals surface area contributed by atoms with Crippen LogP contribution in [0.5, 0.6) is 5.75 Å². The van der Waals surface area contributed by atoms with Crippen molar-refractivity contribution in [2.24, 2.45) is 5.92 Å². The third kappa shape index (κ3) is 5.72. The zero-order valence-corrected chi connectivity index (χ0v) is 15.6. The Labute approximate surface area is 160 Å². The minimum atomic E-state index is -0.386. The van der Waals surface area contributed by atoms with Gasteiger partial charge in [-0.2, -0.15) is 0 Å². The second-order valence-electron chi connectivity index (χ2n) is 6.38. The van der Waals surface area contributed by atoms with Crippen molar-refractivity contribution in [3.8, 4) is 5.75 Å². The van der Waals surface area contributed by atoms with Gasteiger partial charge in [0.05, 0.1) is 6.61 Å². The summed E-state index contributed by atoms with van der Waals surface area (Å²) in [5.74, 6) is -0.316. The first-order chi connectivity index (χ1) is 13.1. The summed E-state index contributed by atoms with van der Waals surface area (Å²) in [6.07, 6.45) is 2.04. The lowest BCUT2D eigenvalue weighted by molar-refractivity contribution is -0.134. The predicted octanol–water partition coefficient (Wildman–Crippen LogP) is 2.71. The number of benzene rings is 1. The van der Waals surface area contributed by atoms with E-state index in [1.807, 2.05) is 0 Å². The number of nitrogens with zero attached hydrogens (tertiary/aromatic N) is 3. The molecule has 9 heteroatoms. The number of carbonyl (C=O) groups excluding carboxylic acids is 2. The summed E-state index contributed by atoms with van der Waals surface area (Å²) in [5.41, 5.74) is 1.53. The van der Waals surface area contributed by atoms with Crippen LogP contribution in [0.2, 0.25) is 0 Å². The number of hydrogen-bond donors (Lipinski definition) is 1. The van der Waals surface area contributed by atoms with Crippen molar-refractivity contribution >= 4 is 28.3 Å². The third-order valence-electron chi connectivity index (χ3n) is 4.36. The molecule has 1 unspecified atom stereocenters. The minimum Gasteiger partial charge on any atom is -0.490 e. The molecule has 0 saturated carbocycles. The molecule has 1 aromatic carbocycles. The normalized spacial score (nSPS) is 16.8. The Morgan fingerprint density at radius 3 is 2.96 bits per heavy atom. The standard InChI is InChI=1S/C18H21FN4O3S/c19-14-5-1-2-6-15(14)26-11-13-4-3-9-23(10-13)17(25)8-7-16(24)21-18-22-20-12-27-18/h1-2,5-6,12-13H,3-4,7-11H2,(H,21,22,24). The van der Waals surface area contributed by atoms with E-state index in [2.05, 4.69) is 15.5 Å². The second-order valence-corrected chi connectivity index (χ2v) is 7.21. The van der Waals surface area contributed by atoms with Gasteiger partial charge in [0.15, 0.2) is 11.6 Å². The molecular formula is C18H21FN4O3S. The largest absolute Gasteiger partial charge is 0.490 e. The fraction of sp³-hybridized carbons (Fsp3) is 0.444. The Hall–Kier alpha value is -2.55. The zero-order chi connectivity index (χ0) is 19.1. The first-order valence-electron chi connectivity index (χ1n) is 8.83. The van der Waals surface area contributed by atoms with E-state index in [9.17, 15) is 14.0 Å². The summed E-state index contributed by atoms with van der Waals surface area (Å²) in [4.78, 5) is 26.0. The van der Waals surface area contributed by atoms with Gasteiger partial charge in [-0.15, -0.1) is 10.2 Å². The van der Waals surface area contributed by atoms with E-state index in [0.29, 0.717) is 24.8 Å². The number of carbonyl (C=O) groups is 2. The van der Waals surface area contributed by atoms with Crippen LogP contribution in [0.1, 0.15) is 25.7 Å². The van der Waals surface area contributed by atoms with Crippen LogP contribution in [0.4, 0.5) is 9.52 Å². The molecule has 2 heterocycles. The van der Waals surface area contributed by atoms with Gasteiger partial charge in [-0.05, 0) is 25.0 Å². The topological polar surface area (TPSA) is 84.4 Å². The molecule has 0 bridgehead atoms. The fourth-order valence-electron chi connectivity index (χ4n) is 2.98. The lowest BCUT2D eigenvalue weighted by atomic mass is 9.98. The van der Waals surface area contributed by atoms with Gasteiger partial charge in [-0.1, -0.05) is 23.5 Å². The average molecular weight is 392 g/mol. The molecule has 2 aromatic rings. The molecule has 1 aliphatic heterocycles. The Kier molecular flexibility index (Phi) is 6.69. The van der Waals surface area contributed by atoms with Gasteiger partial charge in [-0.3, -0.25) is 9.59 Å². The van der Waals surface area contributed by atoms with Crippen LogP contribution in [-0.2, 0) is 9.59 Å². The van der Waals surface area contributed by atoms with Crippen LogP contribution < -0.4 is 10.1 Å². The van der Waals surface area contributed by atoms with Crippen molar-refractivity contribution in [3.05, 3.63) is 35.6 Å². The average Bonchev–Trinajstić information content (AvgIpc) is 3.18. The molecule has 0 aliphatic carbocycles. The highest BCUT2D eigenvalue weighted by atomic mass is 32.1. The number of likely N-dealkylation sites (tertiary alicyclic amines) is 1. The van der Waals surface area contributed by atoms with Gasteiger partial charge in [0, 0.05) is 31.8 Å². The SMILES string of the molecule is O=C(CCC(=O)N1CCCC(COc2ccccc2F)C1)Nc1nncs1. The number of para-hydroxylation sites is 1. The molecule has 3 rings (SSSR count). The number of rotatable bonds is 7. The van der Waals surface area contributed by atoms with E-state index in [-0.39, 0.29) is 42.1 Å². The van der Waals surface area contributed by atoms with Crippen molar-refractivity contribution in [2.45, 2.75) is 25.7 Å². The third-order valence-corrected chi connectivity index (χ3v) is 4.96. The molecular weight excluding hydrogens is 371 g/mol. The van der Waals surface area contributed by atoms with Crippen LogP contribution >= 0.6 is 11.3 Å². The van der Waals surface area contributed by atoms with Gasteiger partial charge in [0.1, 0.15) is 5.51 Å². The summed E-state index contributed by atoms with van der Waals surface area (Å²) in [5, 5.41) is 10.4. The molecule has 2 amide bonds. The summed E-state index contributed by atoms with van der Waals surface area (Å²) >= 11 is 1.23. The van der Waals surface area contributed by atoms with Crippen molar-refractivity contribution in [1.29, 1.82) is 0 Å². The fourth-order valence-corrected chi connectivity index (χ4v) is 3.45. The van der Waals surface area contributed by atoms with Crippen molar-refractivity contribution in [2.75, 3.05) is 25.0 Å². The molecule has 27 heavy (non-hydrogen) atoms. The van der Waals surface area contributed by atoms with E-state index in [4.69, 9.17) is 4.74 Å². The van der Waals surface area contributed by atoms with E-state index in [1.165, 1.54) is 22.9 Å². The van der Waals surface area contributed by atoms with Gasteiger partial charge >= 0.3 is 0 Å². The lowest BCUT2D eigenvalue weighted by Gasteiger charge is -2.32. The number of ether oxygens (including phenoxy) is 1. The van der Waals surface area contributed by atoms with Gasteiger partial charge in [0.2, 0.25) is 16.9 Å². The van der Waals surface area contributed by atoms with Gasteiger partial charge in [0.25, 0.3) is 0 Å². The van der Waals surface area contributed by atoms with Crippen LogP contribution in [0.3, 0.4) is 0 Å². The predicted molar refractivity (Wildman–Crippen MR) is 99.0 cm³/mol. The zero-order valence-electron chi connectivity index (χ0n) is 14.8. The maximum Gasteiger partial charge on any atom is 0.226 e. The first-order valence-corrected chi connectivity index (χ1v) is 9.71. The summed E-state index contributed by atoms with van der Waals surface area (Å²) < 4.78 is 19.2. The van der Waals surface area contributed by atoms with Crippen LogP contribution in [0.15, 0.2) is 29.8 Å². The molecule has 1 saturated heterocycles. The number of anilines is 1. The van der Waals surface area contributed by atoms with Gasteiger partial charge in [-0.25, -0.2) is 4.39 Å². The number of nitrogens with one attached hydrogen (secondary N) is 1. The number of amides is 2. The molecule has 144 valence electrons. The van der Waals surface area contributed by atoms with E-state index in [0.717, 1.165) is 12.8 Å². The Bertz CT molecular complexity index is 772. The Balaban J connectivity index is 1.42. The van der Waals surface area contributed by atoms with E-state index >= 15 is 0 Å². The molecule has 0 radical (unpaired) electrons. The second kappa shape index (κ2) is 9.40. The molecule has 1 N–H and O–H groups in total. The van der Waals surface area contributed by atoms with Crippen LogP contribution in [0.25, 0.3) is 0 Å². The van der Waals surface area contributed by atoms with Gasteiger partial charge < -0.3 is 15.0 Å². The highest BCUT2D eigenvalue weighted by molar-refractivity contribution is 7.13. The minimum absolute atomic E-state index is 0.0574. The summed E-state index contributed by atoms with van der Waals surface area (Å²) in [6.45, 7) is 1.60. The van der Waals surface area contributed by atoms with Crippen molar-refractivity contribution < 1.29 is 18.7 Å². The summed E-state index contributed by atoms with van der Waals surface area (Å²) in [7, 11) is 0. The van der Waals surface area contributed by atoms with Crippen molar-refractivity contribution in [1.82, 2.24) is 15.1 Å². The molecule has 0 spiro atoms. The molecule has 1 aromatic heterocycles. The van der Waals surface area contributed by atoms with E-state index in [1.54, 1.807) is 23.1 Å². The highest BCUT2D eigenvalue weighted by Crippen LogP contribution is 2.21. The first kappa shape index (κ1) is 19.2. The number of hydrogen-bond acceptors (Lipinski definition) is 6. The number of piperidine rings is 1. The molecule has 7 nitrogen and oxygen atoms in total. The molecule has 1 fully saturated rings. The maximum atomic E-state index is 13.6. The van der Waals surface area contributed by atoms with Crippen LogP contribution in [-0.4, -0.2) is 46.6 Å². The van der Waals surface area contributed by atoms with Crippen molar-refractivity contribution in [3.63, 3.8) is 0 Å².